The van der Waals surface area contributed by atoms with Crippen LogP contribution >= 0.6 is 23.4 Å². The number of halogens is 1. The SMILES string of the molecule is CC[C@H]1CSC2=N[C@@H](c3ccccn3)[C@@H](c3ccc(N4CCCC4)c(C)c3Cl)N21. The summed E-state index contributed by atoms with van der Waals surface area (Å²) in [5.74, 6) is 1.10. The molecule has 3 aliphatic heterocycles. The number of hydrogen-bond acceptors (Lipinski definition) is 5. The number of aromatic nitrogens is 1. The number of benzene rings is 1. The number of aliphatic imine (C=N–C) groups is 1. The Labute approximate surface area is 182 Å². The van der Waals surface area contributed by atoms with Crippen molar-refractivity contribution in [3.05, 3.63) is 58.4 Å². The van der Waals surface area contributed by atoms with Gasteiger partial charge in [0.25, 0.3) is 0 Å². The van der Waals surface area contributed by atoms with Gasteiger partial charge < -0.3 is 9.80 Å². The molecule has 152 valence electrons. The Hall–Kier alpha value is -1.72. The zero-order valence-electron chi connectivity index (χ0n) is 17.0. The van der Waals surface area contributed by atoms with Crippen LogP contribution in [0, 0.1) is 6.92 Å². The van der Waals surface area contributed by atoms with E-state index < -0.39 is 0 Å². The van der Waals surface area contributed by atoms with E-state index in [2.05, 4.69) is 52.9 Å². The highest BCUT2D eigenvalue weighted by molar-refractivity contribution is 8.14. The molecule has 0 saturated carbocycles. The lowest BCUT2D eigenvalue weighted by Gasteiger charge is -2.33. The molecule has 0 unspecified atom stereocenters. The summed E-state index contributed by atoms with van der Waals surface area (Å²) in [5, 5.41) is 2.04. The first kappa shape index (κ1) is 19.3. The fourth-order valence-electron chi connectivity index (χ4n) is 4.91. The van der Waals surface area contributed by atoms with Gasteiger partial charge in [-0.1, -0.05) is 42.4 Å². The normalized spacial score (nSPS) is 26.2. The maximum absolute atomic E-state index is 7.06. The summed E-state index contributed by atoms with van der Waals surface area (Å²) in [6.45, 7) is 6.69. The number of amidine groups is 1. The van der Waals surface area contributed by atoms with E-state index in [-0.39, 0.29) is 12.1 Å². The zero-order valence-corrected chi connectivity index (χ0v) is 18.6. The van der Waals surface area contributed by atoms with E-state index in [1.54, 1.807) is 0 Å². The lowest BCUT2D eigenvalue weighted by Crippen LogP contribution is -2.35. The third kappa shape index (κ3) is 3.23. The lowest BCUT2D eigenvalue weighted by molar-refractivity contribution is 0.255. The summed E-state index contributed by atoms with van der Waals surface area (Å²) in [7, 11) is 0. The van der Waals surface area contributed by atoms with Gasteiger partial charge in [-0.15, -0.1) is 0 Å². The summed E-state index contributed by atoms with van der Waals surface area (Å²) >= 11 is 8.93. The zero-order chi connectivity index (χ0) is 20.0. The third-order valence-electron chi connectivity index (χ3n) is 6.48. The minimum atomic E-state index is -0.0115. The van der Waals surface area contributed by atoms with Crippen molar-refractivity contribution in [2.75, 3.05) is 23.7 Å². The number of rotatable bonds is 4. The highest BCUT2D eigenvalue weighted by Gasteiger charge is 2.46. The predicted molar refractivity (Wildman–Crippen MR) is 123 cm³/mol. The van der Waals surface area contributed by atoms with Crippen molar-refractivity contribution in [2.45, 2.75) is 51.2 Å². The van der Waals surface area contributed by atoms with E-state index in [0.717, 1.165) is 41.1 Å². The summed E-state index contributed by atoms with van der Waals surface area (Å²) in [5.41, 5.74) is 4.68. The first-order chi connectivity index (χ1) is 14.2. The van der Waals surface area contributed by atoms with Crippen LogP contribution in [0.2, 0.25) is 5.02 Å². The summed E-state index contributed by atoms with van der Waals surface area (Å²) in [4.78, 5) is 14.8. The van der Waals surface area contributed by atoms with E-state index in [1.807, 2.05) is 24.0 Å². The van der Waals surface area contributed by atoms with Crippen molar-refractivity contribution >= 4 is 34.2 Å². The van der Waals surface area contributed by atoms with E-state index in [0.29, 0.717) is 6.04 Å². The molecule has 1 aromatic carbocycles. The number of anilines is 1. The van der Waals surface area contributed by atoms with Crippen LogP contribution in [0.25, 0.3) is 0 Å². The van der Waals surface area contributed by atoms with Crippen molar-refractivity contribution in [3.63, 3.8) is 0 Å². The van der Waals surface area contributed by atoms with Gasteiger partial charge in [0.15, 0.2) is 5.17 Å². The molecule has 3 aliphatic rings. The average molecular weight is 427 g/mol. The minimum Gasteiger partial charge on any atom is -0.371 e. The second kappa shape index (κ2) is 7.84. The summed E-state index contributed by atoms with van der Waals surface area (Å²) < 4.78 is 0. The van der Waals surface area contributed by atoms with E-state index in [4.69, 9.17) is 16.6 Å². The first-order valence-electron chi connectivity index (χ1n) is 10.6. The van der Waals surface area contributed by atoms with Gasteiger partial charge in [0.2, 0.25) is 0 Å². The smallest absolute Gasteiger partial charge is 0.160 e. The fourth-order valence-corrected chi connectivity index (χ4v) is 6.52. The first-order valence-corrected chi connectivity index (χ1v) is 12.0. The maximum atomic E-state index is 7.06. The van der Waals surface area contributed by atoms with Crippen LogP contribution in [-0.4, -0.2) is 39.9 Å². The molecule has 0 radical (unpaired) electrons. The van der Waals surface area contributed by atoms with Gasteiger partial charge in [0.05, 0.1) is 16.8 Å². The van der Waals surface area contributed by atoms with E-state index in [9.17, 15) is 0 Å². The molecule has 2 aromatic rings. The highest BCUT2D eigenvalue weighted by atomic mass is 35.5. The van der Waals surface area contributed by atoms with Crippen molar-refractivity contribution in [2.24, 2.45) is 4.99 Å². The van der Waals surface area contributed by atoms with Gasteiger partial charge >= 0.3 is 0 Å². The highest BCUT2D eigenvalue weighted by Crippen LogP contribution is 2.51. The van der Waals surface area contributed by atoms with Crippen LogP contribution in [-0.2, 0) is 0 Å². The maximum Gasteiger partial charge on any atom is 0.160 e. The Morgan fingerprint density at radius 3 is 2.72 bits per heavy atom. The number of pyridine rings is 1. The molecule has 2 saturated heterocycles. The molecule has 0 amide bonds. The quantitative estimate of drug-likeness (QED) is 0.634. The molecule has 4 heterocycles. The van der Waals surface area contributed by atoms with Gasteiger partial charge in [-0.2, -0.15) is 0 Å². The standard InChI is InChI=1S/C23H27ClN4S/c1-3-16-14-29-23-26-21(18-8-4-5-11-25-18)22(28(16)23)17-9-10-19(15(2)20(17)24)27-12-6-7-13-27/h4-5,8-11,16,21-22H,3,6-7,12-14H2,1-2H3/t16-,21-,22+/m0/s1. The monoisotopic (exact) mass is 426 g/mol. The van der Waals surface area contributed by atoms with Crippen LogP contribution in [0.3, 0.4) is 0 Å². The predicted octanol–water partition coefficient (Wildman–Crippen LogP) is 5.62. The molecule has 0 bridgehead atoms. The third-order valence-corrected chi connectivity index (χ3v) is 8.11. The average Bonchev–Trinajstić information content (AvgIpc) is 3.47. The molecule has 3 atom stereocenters. The Balaban J connectivity index is 1.59. The van der Waals surface area contributed by atoms with Crippen LogP contribution < -0.4 is 4.90 Å². The van der Waals surface area contributed by atoms with Gasteiger partial charge in [0.1, 0.15) is 6.04 Å². The molecule has 2 fully saturated rings. The Kier molecular flexibility index (Phi) is 5.21. The van der Waals surface area contributed by atoms with Crippen LogP contribution in [0.1, 0.15) is 55.1 Å². The molecule has 0 N–H and O–H groups in total. The minimum absolute atomic E-state index is 0.0115. The van der Waals surface area contributed by atoms with E-state index in [1.165, 1.54) is 29.7 Å². The molecule has 5 rings (SSSR count). The molecular formula is C23H27ClN4S. The molecule has 0 spiro atoms. The van der Waals surface area contributed by atoms with E-state index >= 15 is 0 Å². The van der Waals surface area contributed by atoms with Gasteiger partial charge in [-0.3, -0.25) is 9.98 Å². The van der Waals surface area contributed by atoms with Gasteiger partial charge in [-0.05, 0) is 55.5 Å². The van der Waals surface area contributed by atoms with Crippen LogP contribution in [0.15, 0.2) is 41.5 Å². The Morgan fingerprint density at radius 2 is 2.00 bits per heavy atom. The molecule has 4 nitrogen and oxygen atoms in total. The second-order valence-electron chi connectivity index (χ2n) is 8.14. The van der Waals surface area contributed by atoms with Crippen molar-refractivity contribution < 1.29 is 0 Å². The Bertz CT molecular complexity index is 926. The molecule has 6 heteroatoms. The number of fused-ring (bicyclic) bond motifs is 1. The topological polar surface area (TPSA) is 31.7 Å². The lowest BCUT2D eigenvalue weighted by atomic mass is 9.93. The number of hydrogen-bond donors (Lipinski definition) is 0. The molecular weight excluding hydrogens is 400 g/mol. The summed E-state index contributed by atoms with van der Waals surface area (Å²) in [6.07, 6.45) is 5.51. The summed E-state index contributed by atoms with van der Waals surface area (Å²) in [6, 6.07) is 11.2. The largest absolute Gasteiger partial charge is 0.371 e. The number of nitrogens with zero attached hydrogens (tertiary/aromatic N) is 4. The van der Waals surface area contributed by atoms with Crippen LogP contribution in [0.5, 0.6) is 0 Å². The van der Waals surface area contributed by atoms with Crippen LogP contribution in [0.4, 0.5) is 5.69 Å². The van der Waals surface area contributed by atoms with Crippen molar-refractivity contribution in [1.29, 1.82) is 0 Å². The van der Waals surface area contributed by atoms with Crippen molar-refractivity contribution in [3.8, 4) is 0 Å². The fraction of sp³-hybridized carbons (Fsp3) is 0.478. The van der Waals surface area contributed by atoms with Gasteiger partial charge in [-0.25, -0.2) is 0 Å². The molecule has 29 heavy (non-hydrogen) atoms. The number of thioether (sulfide) groups is 1. The Morgan fingerprint density at radius 1 is 1.17 bits per heavy atom. The molecule has 0 aliphatic carbocycles. The van der Waals surface area contributed by atoms with Gasteiger partial charge in [0, 0.05) is 36.8 Å². The molecule has 1 aromatic heterocycles. The second-order valence-corrected chi connectivity index (χ2v) is 9.51. The van der Waals surface area contributed by atoms with Crippen molar-refractivity contribution in [1.82, 2.24) is 9.88 Å².